The summed E-state index contributed by atoms with van der Waals surface area (Å²) in [6.07, 6.45) is 0.865. The SMILES string of the molecule is Fc1cc(CCBr)ccc1Br. The molecule has 0 radical (unpaired) electrons. The monoisotopic (exact) mass is 280 g/mol. The van der Waals surface area contributed by atoms with Crippen LogP contribution in [0, 0.1) is 5.82 Å². The third-order valence-electron chi connectivity index (χ3n) is 1.37. The second-order valence-corrected chi connectivity index (χ2v) is 3.83. The Kier molecular flexibility index (Phi) is 3.52. The van der Waals surface area contributed by atoms with Gasteiger partial charge in [0.25, 0.3) is 0 Å². The van der Waals surface area contributed by atoms with Crippen molar-refractivity contribution >= 4 is 31.9 Å². The summed E-state index contributed by atoms with van der Waals surface area (Å²) < 4.78 is 13.4. The van der Waals surface area contributed by atoms with Crippen LogP contribution < -0.4 is 0 Å². The fraction of sp³-hybridized carbons (Fsp3) is 0.250. The number of hydrogen-bond donors (Lipinski definition) is 0. The molecule has 0 fully saturated rings. The molecule has 0 saturated heterocycles. The zero-order chi connectivity index (χ0) is 8.27. The summed E-state index contributed by atoms with van der Waals surface area (Å²) in [5.41, 5.74) is 1.02. The maximum absolute atomic E-state index is 12.8. The summed E-state index contributed by atoms with van der Waals surface area (Å²) in [5.74, 6) is -0.191. The molecule has 0 aliphatic rings. The first kappa shape index (κ1) is 9.20. The molecule has 0 aliphatic carbocycles. The lowest BCUT2D eigenvalue weighted by atomic mass is 10.2. The lowest BCUT2D eigenvalue weighted by molar-refractivity contribution is 0.619. The molecule has 0 nitrogen and oxygen atoms in total. The normalized spacial score (nSPS) is 10.1. The van der Waals surface area contributed by atoms with E-state index in [9.17, 15) is 4.39 Å². The zero-order valence-corrected chi connectivity index (χ0v) is 8.95. The molecule has 1 rings (SSSR count). The van der Waals surface area contributed by atoms with E-state index in [1.54, 1.807) is 12.1 Å². The second-order valence-electron chi connectivity index (χ2n) is 2.19. The van der Waals surface area contributed by atoms with Crippen molar-refractivity contribution in [1.29, 1.82) is 0 Å². The molecule has 0 amide bonds. The van der Waals surface area contributed by atoms with Crippen molar-refractivity contribution in [2.24, 2.45) is 0 Å². The Morgan fingerprint density at radius 1 is 1.36 bits per heavy atom. The predicted octanol–water partition coefficient (Wildman–Crippen LogP) is 3.53. The number of hydrogen-bond acceptors (Lipinski definition) is 0. The minimum absolute atomic E-state index is 0.191. The molecule has 0 aliphatic heterocycles. The summed E-state index contributed by atoms with van der Waals surface area (Å²) in [6.45, 7) is 0. The molecule has 0 heterocycles. The van der Waals surface area contributed by atoms with E-state index in [4.69, 9.17) is 0 Å². The molecular weight excluding hydrogens is 275 g/mol. The van der Waals surface area contributed by atoms with Crippen LogP contribution in [0.4, 0.5) is 4.39 Å². The predicted molar refractivity (Wildman–Crippen MR) is 51.6 cm³/mol. The first-order valence-electron chi connectivity index (χ1n) is 3.24. The Bertz CT molecular complexity index is 248. The van der Waals surface area contributed by atoms with Crippen molar-refractivity contribution in [1.82, 2.24) is 0 Å². The summed E-state index contributed by atoms with van der Waals surface area (Å²) in [4.78, 5) is 0. The smallest absolute Gasteiger partial charge is 0.137 e. The lowest BCUT2D eigenvalue weighted by Gasteiger charge is -1.98. The summed E-state index contributed by atoms with van der Waals surface area (Å²) in [6, 6.07) is 5.19. The molecule has 11 heavy (non-hydrogen) atoms. The van der Waals surface area contributed by atoms with Gasteiger partial charge in [-0.25, -0.2) is 4.39 Å². The third-order valence-corrected chi connectivity index (χ3v) is 2.41. The van der Waals surface area contributed by atoms with E-state index >= 15 is 0 Å². The standard InChI is InChI=1S/C8H7Br2F/c9-4-3-6-1-2-7(10)8(11)5-6/h1-2,5H,3-4H2. The largest absolute Gasteiger partial charge is 0.206 e. The molecule has 0 saturated carbocycles. The van der Waals surface area contributed by atoms with Crippen molar-refractivity contribution < 1.29 is 4.39 Å². The van der Waals surface area contributed by atoms with Gasteiger partial charge in [0.05, 0.1) is 4.47 Å². The number of aryl methyl sites for hydroxylation is 1. The molecular formula is C8H7Br2F. The molecule has 0 unspecified atom stereocenters. The minimum atomic E-state index is -0.191. The van der Waals surface area contributed by atoms with E-state index in [1.807, 2.05) is 6.07 Å². The van der Waals surface area contributed by atoms with E-state index in [2.05, 4.69) is 31.9 Å². The quantitative estimate of drug-likeness (QED) is 0.728. The van der Waals surface area contributed by atoms with E-state index < -0.39 is 0 Å². The molecule has 0 N–H and O–H groups in total. The number of halogens is 3. The van der Waals surface area contributed by atoms with Gasteiger partial charge in [-0.1, -0.05) is 22.0 Å². The zero-order valence-electron chi connectivity index (χ0n) is 5.78. The van der Waals surface area contributed by atoms with Gasteiger partial charge in [-0.3, -0.25) is 0 Å². The molecule has 1 aromatic rings. The van der Waals surface area contributed by atoms with Crippen LogP contribution in [0.2, 0.25) is 0 Å². The summed E-state index contributed by atoms with van der Waals surface area (Å²) in [5, 5.41) is 0.869. The van der Waals surface area contributed by atoms with Gasteiger partial charge in [0.1, 0.15) is 5.82 Å². The average molecular weight is 282 g/mol. The van der Waals surface area contributed by atoms with Crippen molar-refractivity contribution in [2.45, 2.75) is 6.42 Å². The summed E-state index contributed by atoms with van der Waals surface area (Å²) >= 11 is 6.39. The van der Waals surface area contributed by atoms with Gasteiger partial charge in [-0.2, -0.15) is 0 Å². The maximum Gasteiger partial charge on any atom is 0.137 e. The average Bonchev–Trinajstić information content (AvgIpc) is 1.98. The maximum atomic E-state index is 12.8. The van der Waals surface area contributed by atoms with Gasteiger partial charge < -0.3 is 0 Å². The van der Waals surface area contributed by atoms with Crippen LogP contribution in [-0.2, 0) is 6.42 Å². The van der Waals surface area contributed by atoms with Crippen molar-refractivity contribution in [3.63, 3.8) is 0 Å². The number of benzene rings is 1. The minimum Gasteiger partial charge on any atom is -0.206 e. The highest BCUT2D eigenvalue weighted by atomic mass is 79.9. The van der Waals surface area contributed by atoms with Crippen molar-refractivity contribution in [3.05, 3.63) is 34.1 Å². The van der Waals surface area contributed by atoms with E-state index in [0.29, 0.717) is 4.47 Å². The van der Waals surface area contributed by atoms with Gasteiger partial charge >= 0.3 is 0 Å². The van der Waals surface area contributed by atoms with Crippen LogP contribution in [-0.4, -0.2) is 5.33 Å². The van der Waals surface area contributed by atoms with Crippen LogP contribution in [0.5, 0.6) is 0 Å². The molecule has 0 spiro atoms. The van der Waals surface area contributed by atoms with Gasteiger partial charge in [0.15, 0.2) is 0 Å². The van der Waals surface area contributed by atoms with Crippen LogP contribution in [0.3, 0.4) is 0 Å². The topological polar surface area (TPSA) is 0 Å². The van der Waals surface area contributed by atoms with E-state index in [1.165, 1.54) is 0 Å². The van der Waals surface area contributed by atoms with Gasteiger partial charge in [-0.15, -0.1) is 0 Å². The Morgan fingerprint density at radius 3 is 2.64 bits per heavy atom. The lowest BCUT2D eigenvalue weighted by Crippen LogP contribution is -1.87. The highest BCUT2D eigenvalue weighted by Crippen LogP contribution is 2.16. The first-order chi connectivity index (χ1) is 5.24. The Labute approximate surface area is 82.1 Å². The van der Waals surface area contributed by atoms with E-state index in [-0.39, 0.29) is 5.82 Å². The molecule has 0 aromatic heterocycles. The molecule has 60 valence electrons. The first-order valence-corrected chi connectivity index (χ1v) is 5.15. The van der Waals surface area contributed by atoms with Crippen LogP contribution in [0.15, 0.2) is 22.7 Å². The molecule has 3 heteroatoms. The van der Waals surface area contributed by atoms with Crippen molar-refractivity contribution in [2.75, 3.05) is 5.33 Å². The third kappa shape index (κ3) is 2.56. The van der Waals surface area contributed by atoms with Crippen LogP contribution in [0.1, 0.15) is 5.56 Å². The highest BCUT2D eigenvalue weighted by Gasteiger charge is 1.98. The molecule has 0 atom stereocenters. The van der Waals surface area contributed by atoms with Crippen LogP contribution >= 0.6 is 31.9 Å². The van der Waals surface area contributed by atoms with Crippen LogP contribution in [0.25, 0.3) is 0 Å². The summed E-state index contributed by atoms with van der Waals surface area (Å²) in [7, 11) is 0. The van der Waals surface area contributed by atoms with E-state index in [0.717, 1.165) is 17.3 Å². The van der Waals surface area contributed by atoms with Crippen molar-refractivity contribution in [3.8, 4) is 0 Å². The highest BCUT2D eigenvalue weighted by molar-refractivity contribution is 9.10. The van der Waals surface area contributed by atoms with Gasteiger partial charge in [-0.05, 0) is 40.0 Å². The Morgan fingerprint density at radius 2 is 2.09 bits per heavy atom. The second kappa shape index (κ2) is 4.21. The fourth-order valence-corrected chi connectivity index (χ4v) is 1.51. The fourth-order valence-electron chi connectivity index (χ4n) is 0.804. The molecule has 1 aromatic carbocycles. The Balaban J connectivity index is 2.86. The number of rotatable bonds is 2. The van der Waals surface area contributed by atoms with Gasteiger partial charge in [0, 0.05) is 5.33 Å². The van der Waals surface area contributed by atoms with Gasteiger partial charge in [0.2, 0.25) is 0 Å². The number of alkyl halides is 1. The molecule has 0 bridgehead atoms. The Hall–Kier alpha value is 0.110.